The smallest absolute Gasteiger partial charge is 0.271 e. The molecule has 1 atom stereocenters. The van der Waals surface area contributed by atoms with Crippen molar-refractivity contribution in [3.63, 3.8) is 0 Å². The van der Waals surface area contributed by atoms with Crippen LogP contribution in [-0.2, 0) is 16.6 Å². The summed E-state index contributed by atoms with van der Waals surface area (Å²) in [5.74, 6) is -1.04. The van der Waals surface area contributed by atoms with Crippen molar-refractivity contribution in [2.75, 3.05) is 0 Å². The number of fused-ring (bicyclic) bond motifs is 1. The van der Waals surface area contributed by atoms with Crippen molar-refractivity contribution in [1.82, 2.24) is 20.7 Å². The zero-order chi connectivity index (χ0) is 20.1. The van der Waals surface area contributed by atoms with E-state index in [2.05, 4.69) is 16.2 Å². The Morgan fingerprint density at radius 1 is 0.964 bits per heavy atom. The van der Waals surface area contributed by atoms with Gasteiger partial charge in [-0.25, -0.2) is 0 Å². The van der Waals surface area contributed by atoms with Crippen LogP contribution in [-0.4, -0.2) is 22.3 Å². The first-order valence-corrected chi connectivity index (χ1v) is 8.91. The molecule has 0 radical (unpaired) electrons. The van der Waals surface area contributed by atoms with Gasteiger partial charge in [-0.1, -0.05) is 48.5 Å². The maximum Gasteiger partial charge on any atom is 0.271 e. The molecular formula is C21H22N4O3. The van der Waals surface area contributed by atoms with Crippen LogP contribution in [0.25, 0.3) is 10.9 Å². The van der Waals surface area contributed by atoms with E-state index in [1.165, 1.54) is 6.92 Å². The Balaban J connectivity index is 1.65. The molecule has 0 saturated heterocycles. The molecule has 7 heteroatoms. The van der Waals surface area contributed by atoms with Gasteiger partial charge in [-0.2, -0.15) is 0 Å². The number of rotatable bonds is 5. The molecule has 1 heterocycles. The standard InChI is InChI=1S/C21H22N4O3/c1-14(26)22-18(15-8-4-3-5-9-15)12-20(27)23-24-21(28)17-13-25(2)19-11-7-6-10-16(17)19/h3-11,13,18H,12H2,1-2H3,(H,22,26)(H,23,27)(H,24,28). The lowest BCUT2D eigenvalue weighted by molar-refractivity contribution is -0.123. The lowest BCUT2D eigenvalue weighted by atomic mass is 10.0. The van der Waals surface area contributed by atoms with Gasteiger partial charge in [0.05, 0.1) is 18.0 Å². The molecule has 0 aliphatic carbocycles. The number of amides is 3. The third-order valence-corrected chi connectivity index (χ3v) is 4.43. The molecule has 3 rings (SSSR count). The van der Waals surface area contributed by atoms with Crippen LogP contribution in [0.15, 0.2) is 60.8 Å². The summed E-state index contributed by atoms with van der Waals surface area (Å²) >= 11 is 0. The van der Waals surface area contributed by atoms with Crippen LogP contribution in [0.4, 0.5) is 0 Å². The fourth-order valence-electron chi connectivity index (χ4n) is 3.14. The van der Waals surface area contributed by atoms with E-state index in [1.54, 1.807) is 6.20 Å². The largest absolute Gasteiger partial charge is 0.350 e. The molecule has 2 aromatic carbocycles. The van der Waals surface area contributed by atoms with Crippen molar-refractivity contribution in [2.45, 2.75) is 19.4 Å². The van der Waals surface area contributed by atoms with Crippen LogP contribution in [0.5, 0.6) is 0 Å². The lowest BCUT2D eigenvalue weighted by Gasteiger charge is -2.18. The highest BCUT2D eigenvalue weighted by atomic mass is 16.2. The second kappa shape index (κ2) is 8.39. The Labute approximate surface area is 162 Å². The molecule has 3 N–H and O–H groups in total. The van der Waals surface area contributed by atoms with Gasteiger partial charge in [-0.05, 0) is 11.6 Å². The number of carbonyl (C=O) groups excluding carboxylic acids is 3. The average molecular weight is 378 g/mol. The third kappa shape index (κ3) is 4.37. The maximum absolute atomic E-state index is 12.5. The van der Waals surface area contributed by atoms with E-state index < -0.39 is 17.9 Å². The van der Waals surface area contributed by atoms with Gasteiger partial charge in [0, 0.05) is 31.1 Å². The summed E-state index contributed by atoms with van der Waals surface area (Å²) in [7, 11) is 1.86. The number of hydrogen-bond donors (Lipinski definition) is 3. The molecule has 1 aromatic heterocycles. The summed E-state index contributed by atoms with van der Waals surface area (Å²) in [4.78, 5) is 36.3. The SMILES string of the molecule is CC(=O)NC(CC(=O)NNC(=O)c1cn(C)c2ccccc12)c1ccccc1. The highest BCUT2D eigenvalue weighted by Gasteiger charge is 2.18. The zero-order valence-corrected chi connectivity index (χ0v) is 15.7. The van der Waals surface area contributed by atoms with Crippen molar-refractivity contribution in [2.24, 2.45) is 7.05 Å². The summed E-state index contributed by atoms with van der Waals surface area (Å²) in [5, 5.41) is 3.56. The number of benzene rings is 2. The topological polar surface area (TPSA) is 92.2 Å². The number of hydrogen-bond acceptors (Lipinski definition) is 3. The van der Waals surface area contributed by atoms with Crippen molar-refractivity contribution in [1.29, 1.82) is 0 Å². The fraction of sp³-hybridized carbons (Fsp3) is 0.190. The first-order chi connectivity index (χ1) is 13.5. The molecule has 0 bridgehead atoms. The van der Waals surface area contributed by atoms with Crippen LogP contribution in [0.1, 0.15) is 35.3 Å². The lowest BCUT2D eigenvalue weighted by Crippen LogP contribution is -2.43. The van der Waals surface area contributed by atoms with Gasteiger partial charge >= 0.3 is 0 Å². The van der Waals surface area contributed by atoms with Crippen LogP contribution in [0.3, 0.4) is 0 Å². The summed E-state index contributed by atoms with van der Waals surface area (Å²) in [5.41, 5.74) is 7.09. The molecule has 0 aliphatic rings. The van der Waals surface area contributed by atoms with E-state index in [0.29, 0.717) is 5.56 Å². The third-order valence-electron chi connectivity index (χ3n) is 4.43. The van der Waals surface area contributed by atoms with Crippen molar-refractivity contribution in [3.8, 4) is 0 Å². The zero-order valence-electron chi connectivity index (χ0n) is 15.7. The van der Waals surface area contributed by atoms with Crippen LogP contribution >= 0.6 is 0 Å². The number of nitrogens with one attached hydrogen (secondary N) is 3. The first kappa shape index (κ1) is 19.2. The van der Waals surface area contributed by atoms with Gasteiger partial charge in [-0.15, -0.1) is 0 Å². The Kier molecular flexibility index (Phi) is 5.74. The van der Waals surface area contributed by atoms with Crippen LogP contribution in [0, 0.1) is 0 Å². The molecule has 3 aromatic rings. The number of nitrogens with zero attached hydrogens (tertiary/aromatic N) is 1. The summed E-state index contributed by atoms with van der Waals surface area (Å²) in [6.45, 7) is 1.40. The molecule has 7 nitrogen and oxygen atoms in total. The number of hydrazine groups is 1. The van der Waals surface area contributed by atoms with Gasteiger partial charge in [0.2, 0.25) is 11.8 Å². The number of aromatic nitrogens is 1. The molecule has 0 aliphatic heterocycles. The van der Waals surface area contributed by atoms with E-state index in [-0.39, 0.29) is 12.3 Å². The van der Waals surface area contributed by atoms with Crippen molar-refractivity contribution in [3.05, 3.63) is 71.9 Å². The Bertz CT molecular complexity index is 1010. The monoisotopic (exact) mass is 378 g/mol. The van der Waals surface area contributed by atoms with Gasteiger partial charge in [-0.3, -0.25) is 25.2 Å². The molecular weight excluding hydrogens is 356 g/mol. The Morgan fingerprint density at radius 3 is 2.36 bits per heavy atom. The van der Waals surface area contributed by atoms with E-state index in [0.717, 1.165) is 16.5 Å². The summed E-state index contributed by atoms with van der Waals surface area (Å²) in [6, 6.07) is 16.3. The number of aryl methyl sites for hydroxylation is 1. The minimum Gasteiger partial charge on any atom is -0.350 e. The predicted octanol–water partition coefficient (Wildman–Crippen LogP) is 2.21. The summed E-state index contributed by atoms with van der Waals surface area (Å²) < 4.78 is 1.86. The second-order valence-electron chi connectivity index (χ2n) is 6.54. The average Bonchev–Trinajstić information content (AvgIpc) is 3.03. The minimum atomic E-state index is -0.479. The van der Waals surface area contributed by atoms with E-state index in [4.69, 9.17) is 0 Å². The molecule has 0 spiro atoms. The minimum absolute atomic E-state index is 0.000585. The molecule has 3 amide bonds. The number of carbonyl (C=O) groups is 3. The molecule has 144 valence electrons. The normalized spacial score (nSPS) is 11.6. The van der Waals surface area contributed by atoms with Crippen molar-refractivity contribution >= 4 is 28.6 Å². The van der Waals surface area contributed by atoms with Crippen LogP contribution < -0.4 is 16.2 Å². The van der Waals surface area contributed by atoms with E-state index in [1.807, 2.05) is 66.2 Å². The first-order valence-electron chi connectivity index (χ1n) is 8.91. The summed E-state index contributed by atoms with van der Waals surface area (Å²) in [6.07, 6.45) is 1.72. The quantitative estimate of drug-likeness (QED) is 0.595. The fourth-order valence-corrected chi connectivity index (χ4v) is 3.14. The second-order valence-corrected chi connectivity index (χ2v) is 6.54. The molecule has 0 saturated carbocycles. The number of para-hydroxylation sites is 1. The molecule has 28 heavy (non-hydrogen) atoms. The van der Waals surface area contributed by atoms with E-state index in [9.17, 15) is 14.4 Å². The predicted molar refractivity (Wildman–Crippen MR) is 106 cm³/mol. The highest BCUT2D eigenvalue weighted by molar-refractivity contribution is 6.07. The van der Waals surface area contributed by atoms with Gasteiger partial charge in [0.1, 0.15) is 0 Å². The Hall–Kier alpha value is -3.61. The molecule has 1 unspecified atom stereocenters. The molecule has 0 fully saturated rings. The maximum atomic E-state index is 12.5. The van der Waals surface area contributed by atoms with Crippen LogP contribution in [0.2, 0.25) is 0 Å². The van der Waals surface area contributed by atoms with Gasteiger partial charge in [0.15, 0.2) is 0 Å². The highest BCUT2D eigenvalue weighted by Crippen LogP contribution is 2.20. The van der Waals surface area contributed by atoms with Gasteiger partial charge in [0.25, 0.3) is 5.91 Å². The van der Waals surface area contributed by atoms with Crippen molar-refractivity contribution < 1.29 is 14.4 Å². The van der Waals surface area contributed by atoms with Gasteiger partial charge < -0.3 is 9.88 Å². The van der Waals surface area contributed by atoms with E-state index >= 15 is 0 Å². The Morgan fingerprint density at radius 2 is 1.64 bits per heavy atom.